The normalized spacial score (nSPS) is 30.9. The summed E-state index contributed by atoms with van der Waals surface area (Å²) in [4.78, 5) is 16.9. The van der Waals surface area contributed by atoms with Crippen molar-refractivity contribution >= 4 is 5.91 Å². The van der Waals surface area contributed by atoms with Gasteiger partial charge in [-0.1, -0.05) is 25.7 Å². The second-order valence-electron chi connectivity index (χ2n) is 7.22. The van der Waals surface area contributed by atoms with Crippen molar-refractivity contribution in [2.24, 2.45) is 5.92 Å². The SMILES string of the molecule is CN(C)C1(CN2C(=O)CNC2C2CCCC2)CCCC1. The van der Waals surface area contributed by atoms with Crippen LogP contribution in [0.15, 0.2) is 0 Å². The molecule has 1 N–H and O–H groups in total. The first-order valence-electron chi connectivity index (χ1n) is 8.33. The number of nitrogens with zero attached hydrogens (tertiary/aromatic N) is 2. The molecule has 1 amide bonds. The average Bonchev–Trinajstić information content (AvgIpc) is 3.13. The Bertz CT molecular complexity index is 357. The van der Waals surface area contributed by atoms with E-state index in [0.717, 1.165) is 6.54 Å². The van der Waals surface area contributed by atoms with Crippen molar-refractivity contribution < 1.29 is 4.79 Å². The molecule has 4 heteroatoms. The Balaban J connectivity index is 1.74. The van der Waals surface area contributed by atoms with Crippen LogP contribution in [0.2, 0.25) is 0 Å². The van der Waals surface area contributed by atoms with Crippen molar-refractivity contribution in [3.05, 3.63) is 0 Å². The number of carbonyl (C=O) groups is 1. The number of amides is 1. The van der Waals surface area contributed by atoms with Gasteiger partial charge < -0.3 is 9.80 Å². The van der Waals surface area contributed by atoms with E-state index in [0.29, 0.717) is 24.5 Å². The van der Waals surface area contributed by atoms with Crippen molar-refractivity contribution in [2.75, 3.05) is 27.2 Å². The summed E-state index contributed by atoms with van der Waals surface area (Å²) in [7, 11) is 4.37. The van der Waals surface area contributed by atoms with Crippen LogP contribution in [0, 0.1) is 5.92 Å². The predicted molar refractivity (Wildman–Crippen MR) is 80.3 cm³/mol. The lowest BCUT2D eigenvalue weighted by molar-refractivity contribution is -0.130. The van der Waals surface area contributed by atoms with Gasteiger partial charge in [-0.25, -0.2) is 0 Å². The van der Waals surface area contributed by atoms with Gasteiger partial charge in [0.05, 0.1) is 12.7 Å². The van der Waals surface area contributed by atoms with Crippen molar-refractivity contribution in [3.63, 3.8) is 0 Å². The molecule has 4 nitrogen and oxygen atoms in total. The van der Waals surface area contributed by atoms with E-state index in [4.69, 9.17) is 0 Å². The maximum absolute atomic E-state index is 12.3. The van der Waals surface area contributed by atoms with Gasteiger partial charge in [0.25, 0.3) is 0 Å². The summed E-state index contributed by atoms with van der Waals surface area (Å²) in [6, 6.07) is 0. The minimum Gasteiger partial charge on any atom is -0.324 e. The van der Waals surface area contributed by atoms with E-state index in [9.17, 15) is 4.79 Å². The molecule has 1 saturated heterocycles. The second-order valence-corrected chi connectivity index (χ2v) is 7.22. The second kappa shape index (κ2) is 5.64. The van der Waals surface area contributed by atoms with Gasteiger partial charge in [-0.15, -0.1) is 0 Å². The monoisotopic (exact) mass is 279 g/mol. The Morgan fingerprint density at radius 3 is 2.45 bits per heavy atom. The van der Waals surface area contributed by atoms with E-state index in [1.54, 1.807) is 0 Å². The summed E-state index contributed by atoms with van der Waals surface area (Å²) >= 11 is 0. The quantitative estimate of drug-likeness (QED) is 0.852. The molecule has 1 aliphatic heterocycles. The number of hydrogen-bond acceptors (Lipinski definition) is 3. The molecule has 1 unspecified atom stereocenters. The fourth-order valence-electron chi connectivity index (χ4n) is 4.54. The van der Waals surface area contributed by atoms with E-state index in [1.807, 2.05) is 0 Å². The fourth-order valence-corrected chi connectivity index (χ4v) is 4.54. The number of likely N-dealkylation sites (N-methyl/N-ethyl adjacent to an activating group) is 1. The Kier molecular flexibility index (Phi) is 4.04. The number of nitrogens with one attached hydrogen (secondary N) is 1. The number of carbonyl (C=O) groups excluding carboxylic acids is 1. The molecule has 1 atom stereocenters. The zero-order valence-corrected chi connectivity index (χ0v) is 13.0. The predicted octanol–water partition coefficient (Wildman–Crippen LogP) is 1.81. The summed E-state index contributed by atoms with van der Waals surface area (Å²) < 4.78 is 0. The highest BCUT2D eigenvalue weighted by molar-refractivity contribution is 5.80. The van der Waals surface area contributed by atoms with Crippen LogP contribution in [0.3, 0.4) is 0 Å². The Morgan fingerprint density at radius 1 is 1.20 bits per heavy atom. The zero-order chi connectivity index (χ0) is 14.2. The molecule has 1 heterocycles. The van der Waals surface area contributed by atoms with Crippen molar-refractivity contribution in [3.8, 4) is 0 Å². The lowest BCUT2D eigenvalue weighted by Gasteiger charge is -2.42. The van der Waals surface area contributed by atoms with E-state index in [2.05, 4.69) is 29.2 Å². The van der Waals surface area contributed by atoms with Crippen molar-refractivity contribution in [1.29, 1.82) is 0 Å². The lowest BCUT2D eigenvalue weighted by atomic mass is 9.94. The first-order valence-corrected chi connectivity index (χ1v) is 8.33. The molecule has 3 fully saturated rings. The molecule has 20 heavy (non-hydrogen) atoms. The van der Waals surface area contributed by atoms with Gasteiger partial charge in [-0.2, -0.15) is 0 Å². The number of hydrogen-bond donors (Lipinski definition) is 1. The first kappa shape index (κ1) is 14.3. The molecule has 114 valence electrons. The topological polar surface area (TPSA) is 35.6 Å². The van der Waals surface area contributed by atoms with Crippen molar-refractivity contribution in [2.45, 2.75) is 63.1 Å². The molecule has 0 aromatic rings. The summed E-state index contributed by atoms with van der Waals surface area (Å²) in [6.45, 7) is 1.47. The maximum atomic E-state index is 12.3. The van der Waals surface area contributed by atoms with E-state index < -0.39 is 0 Å². The first-order chi connectivity index (χ1) is 9.62. The van der Waals surface area contributed by atoms with Gasteiger partial charge in [-0.05, 0) is 45.7 Å². The summed E-state index contributed by atoms with van der Waals surface area (Å²) in [6.07, 6.45) is 10.6. The highest BCUT2D eigenvalue weighted by Gasteiger charge is 2.44. The molecule has 0 aromatic heterocycles. The molecular weight excluding hydrogens is 250 g/mol. The van der Waals surface area contributed by atoms with Gasteiger partial charge in [0.15, 0.2) is 0 Å². The lowest BCUT2D eigenvalue weighted by Crippen LogP contribution is -2.55. The molecule has 0 bridgehead atoms. The molecule has 3 aliphatic rings. The van der Waals surface area contributed by atoms with Crippen LogP contribution in [0.25, 0.3) is 0 Å². The third-order valence-corrected chi connectivity index (χ3v) is 5.91. The minimum absolute atomic E-state index is 0.221. The highest BCUT2D eigenvalue weighted by Crippen LogP contribution is 2.37. The van der Waals surface area contributed by atoms with Crippen molar-refractivity contribution in [1.82, 2.24) is 15.1 Å². The standard InChI is InChI=1S/C16H29N3O/c1-18(2)16(9-5-6-10-16)12-19-14(20)11-17-15(19)13-7-3-4-8-13/h13,15,17H,3-12H2,1-2H3. The molecule has 0 aromatic carbocycles. The summed E-state index contributed by atoms with van der Waals surface area (Å²) in [5.41, 5.74) is 0.221. The molecule has 3 rings (SSSR count). The average molecular weight is 279 g/mol. The summed E-state index contributed by atoms with van der Waals surface area (Å²) in [5.74, 6) is 0.997. The van der Waals surface area contributed by atoms with Crippen LogP contribution in [0.5, 0.6) is 0 Å². The van der Waals surface area contributed by atoms with Gasteiger partial charge in [0.1, 0.15) is 0 Å². The van der Waals surface area contributed by atoms with Crippen LogP contribution in [-0.4, -0.2) is 54.6 Å². The summed E-state index contributed by atoms with van der Waals surface area (Å²) in [5, 5.41) is 3.49. The van der Waals surface area contributed by atoms with Crippen LogP contribution in [-0.2, 0) is 4.79 Å². The third-order valence-electron chi connectivity index (χ3n) is 5.91. The maximum Gasteiger partial charge on any atom is 0.237 e. The van der Waals surface area contributed by atoms with Crippen LogP contribution < -0.4 is 5.32 Å². The third kappa shape index (κ3) is 2.48. The van der Waals surface area contributed by atoms with Gasteiger partial charge >= 0.3 is 0 Å². The molecule has 2 saturated carbocycles. The van der Waals surface area contributed by atoms with Crippen LogP contribution >= 0.6 is 0 Å². The number of rotatable bonds is 4. The van der Waals surface area contributed by atoms with E-state index in [1.165, 1.54) is 51.4 Å². The van der Waals surface area contributed by atoms with Gasteiger partial charge in [0.2, 0.25) is 5.91 Å². The Hall–Kier alpha value is -0.610. The fraction of sp³-hybridized carbons (Fsp3) is 0.938. The Morgan fingerprint density at radius 2 is 1.85 bits per heavy atom. The largest absolute Gasteiger partial charge is 0.324 e. The highest BCUT2D eigenvalue weighted by atomic mass is 16.2. The molecule has 0 radical (unpaired) electrons. The minimum atomic E-state index is 0.221. The van der Waals surface area contributed by atoms with Crippen LogP contribution in [0.4, 0.5) is 0 Å². The molecule has 2 aliphatic carbocycles. The van der Waals surface area contributed by atoms with Crippen LogP contribution in [0.1, 0.15) is 51.4 Å². The van der Waals surface area contributed by atoms with Gasteiger partial charge in [0, 0.05) is 12.1 Å². The smallest absolute Gasteiger partial charge is 0.237 e. The van der Waals surface area contributed by atoms with Gasteiger partial charge in [-0.3, -0.25) is 10.1 Å². The van der Waals surface area contributed by atoms with E-state index in [-0.39, 0.29) is 5.54 Å². The van der Waals surface area contributed by atoms with E-state index >= 15 is 0 Å². The Labute approximate surface area is 122 Å². The zero-order valence-electron chi connectivity index (χ0n) is 13.0. The molecule has 0 spiro atoms. The molecular formula is C16H29N3O.